The lowest BCUT2D eigenvalue weighted by Gasteiger charge is -2.07. The first-order chi connectivity index (χ1) is 7.45. The average Bonchev–Trinajstić information content (AvgIpc) is 2.79. The van der Waals surface area contributed by atoms with Crippen molar-refractivity contribution in [3.05, 3.63) is 41.8 Å². The minimum absolute atomic E-state index is 1.26. The van der Waals surface area contributed by atoms with Crippen molar-refractivity contribution in [2.24, 2.45) is 0 Å². The molecule has 15 heavy (non-hydrogen) atoms. The normalized spacial score (nSPS) is 17.1. The quantitative estimate of drug-likeness (QED) is 0.613. The Labute approximate surface area is 93.7 Å². The monoisotopic (exact) mass is 201 g/mol. The van der Waals surface area contributed by atoms with Crippen LogP contribution in [-0.2, 0) is 6.42 Å². The molecular formula is C15H21. The van der Waals surface area contributed by atoms with E-state index in [9.17, 15) is 0 Å². The molecule has 1 saturated carbocycles. The van der Waals surface area contributed by atoms with Gasteiger partial charge in [-0.25, -0.2) is 0 Å². The van der Waals surface area contributed by atoms with Crippen molar-refractivity contribution in [2.45, 2.75) is 51.4 Å². The number of aryl methyl sites for hydroxylation is 1. The molecule has 1 radical (unpaired) electrons. The van der Waals surface area contributed by atoms with E-state index >= 15 is 0 Å². The zero-order valence-corrected chi connectivity index (χ0v) is 9.54. The maximum atomic E-state index is 2.24. The van der Waals surface area contributed by atoms with Gasteiger partial charge in [-0.3, -0.25) is 0 Å². The van der Waals surface area contributed by atoms with Crippen molar-refractivity contribution >= 4 is 0 Å². The highest BCUT2D eigenvalue weighted by atomic mass is 14.2. The molecule has 0 spiro atoms. The van der Waals surface area contributed by atoms with E-state index in [1.807, 2.05) is 5.92 Å². The van der Waals surface area contributed by atoms with Gasteiger partial charge in [0.15, 0.2) is 0 Å². The van der Waals surface area contributed by atoms with E-state index in [1.165, 1.54) is 56.9 Å². The lowest BCUT2D eigenvalue weighted by Crippen LogP contribution is -1.91. The number of unbranched alkanes of at least 4 members (excludes halogenated alkanes) is 1. The Morgan fingerprint density at radius 1 is 0.800 bits per heavy atom. The second-order valence-corrected chi connectivity index (χ2v) is 4.65. The fraction of sp³-hybridized carbons (Fsp3) is 0.533. The molecule has 0 aromatic heterocycles. The maximum Gasteiger partial charge on any atom is -0.0241 e. The molecule has 0 atom stereocenters. The van der Waals surface area contributed by atoms with Gasteiger partial charge in [0, 0.05) is 0 Å². The van der Waals surface area contributed by atoms with Gasteiger partial charge in [-0.2, -0.15) is 0 Å². The number of hydrogen-bond donors (Lipinski definition) is 0. The van der Waals surface area contributed by atoms with Crippen LogP contribution in [0.4, 0.5) is 0 Å². The van der Waals surface area contributed by atoms with Gasteiger partial charge in [0.25, 0.3) is 0 Å². The van der Waals surface area contributed by atoms with Crippen LogP contribution in [0, 0.1) is 5.92 Å². The van der Waals surface area contributed by atoms with Gasteiger partial charge in [0.1, 0.15) is 0 Å². The molecule has 1 aliphatic rings. The summed E-state index contributed by atoms with van der Waals surface area (Å²) in [7, 11) is 0. The summed E-state index contributed by atoms with van der Waals surface area (Å²) < 4.78 is 0. The van der Waals surface area contributed by atoms with Gasteiger partial charge in [-0.1, -0.05) is 49.6 Å². The van der Waals surface area contributed by atoms with Crippen LogP contribution in [-0.4, -0.2) is 0 Å². The summed E-state index contributed by atoms with van der Waals surface area (Å²) in [6.07, 6.45) is 11.2. The summed E-state index contributed by atoms with van der Waals surface area (Å²) in [6.45, 7) is 0. The van der Waals surface area contributed by atoms with E-state index in [2.05, 4.69) is 30.3 Å². The van der Waals surface area contributed by atoms with E-state index in [0.29, 0.717) is 0 Å². The zero-order chi connectivity index (χ0) is 10.3. The van der Waals surface area contributed by atoms with Gasteiger partial charge < -0.3 is 0 Å². The predicted molar refractivity (Wildman–Crippen MR) is 65.7 cm³/mol. The first kappa shape index (κ1) is 10.7. The molecule has 2 rings (SSSR count). The summed E-state index contributed by atoms with van der Waals surface area (Å²) in [6, 6.07) is 10.9. The van der Waals surface area contributed by atoms with E-state index in [-0.39, 0.29) is 0 Å². The smallest absolute Gasteiger partial charge is 0.0241 e. The Kier molecular flexibility index (Phi) is 4.25. The van der Waals surface area contributed by atoms with Crippen LogP contribution in [0.25, 0.3) is 0 Å². The average molecular weight is 201 g/mol. The third-order valence-electron chi connectivity index (χ3n) is 3.40. The predicted octanol–water partition coefficient (Wildman–Crippen LogP) is 4.55. The lowest BCUT2D eigenvalue weighted by atomic mass is 9.98. The number of hydrogen-bond acceptors (Lipinski definition) is 0. The first-order valence-electron chi connectivity index (χ1n) is 6.32. The lowest BCUT2D eigenvalue weighted by molar-refractivity contribution is 0.659. The first-order valence-corrected chi connectivity index (χ1v) is 6.32. The fourth-order valence-corrected chi connectivity index (χ4v) is 2.47. The van der Waals surface area contributed by atoms with Crippen molar-refractivity contribution in [3.8, 4) is 0 Å². The van der Waals surface area contributed by atoms with Crippen LogP contribution in [0.5, 0.6) is 0 Å². The largest absolute Gasteiger partial charge is 0.0622 e. The topological polar surface area (TPSA) is 0 Å². The second kappa shape index (κ2) is 5.95. The van der Waals surface area contributed by atoms with Crippen molar-refractivity contribution < 1.29 is 0 Å². The Bertz CT molecular complexity index is 257. The second-order valence-electron chi connectivity index (χ2n) is 4.65. The van der Waals surface area contributed by atoms with Crippen LogP contribution in [0.3, 0.4) is 0 Å². The Morgan fingerprint density at radius 2 is 1.47 bits per heavy atom. The van der Waals surface area contributed by atoms with E-state index < -0.39 is 0 Å². The van der Waals surface area contributed by atoms with E-state index in [0.717, 1.165) is 0 Å². The van der Waals surface area contributed by atoms with Crippen molar-refractivity contribution in [3.63, 3.8) is 0 Å². The molecule has 0 heteroatoms. The van der Waals surface area contributed by atoms with E-state index in [1.54, 1.807) is 0 Å². The molecule has 1 aromatic rings. The minimum atomic E-state index is 1.26. The van der Waals surface area contributed by atoms with Gasteiger partial charge in [-0.15, -0.1) is 0 Å². The molecule has 1 aromatic carbocycles. The number of rotatable bonds is 5. The molecule has 0 amide bonds. The van der Waals surface area contributed by atoms with Crippen LogP contribution in [0.1, 0.15) is 50.5 Å². The van der Waals surface area contributed by atoms with Gasteiger partial charge in [0.05, 0.1) is 0 Å². The summed E-state index contributed by atoms with van der Waals surface area (Å²) in [5, 5.41) is 0. The zero-order valence-electron chi connectivity index (χ0n) is 9.54. The van der Waals surface area contributed by atoms with Crippen molar-refractivity contribution in [1.82, 2.24) is 0 Å². The summed E-state index contributed by atoms with van der Waals surface area (Å²) in [4.78, 5) is 0. The van der Waals surface area contributed by atoms with Crippen LogP contribution in [0.2, 0.25) is 0 Å². The highest BCUT2D eigenvalue weighted by Crippen LogP contribution is 2.31. The highest BCUT2D eigenvalue weighted by molar-refractivity contribution is 5.14. The molecule has 0 aliphatic heterocycles. The van der Waals surface area contributed by atoms with Crippen LogP contribution in [0.15, 0.2) is 30.3 Å². The molecule has 0 N–H and O–H groups in total. The molecule has 1 aliphatic carbocycles. The van der Waals surface area contributed by atoms with Gasteiger partial charge in [-0.05, 0) is 43.6 Å². The van der Waals surface area contributed by atoms with Gasteiger partial charge >= 0.3 is 0 Å². The molecule has 0 saturated heterocycles. The molecule has 1 fully saturated rings. The minimum Gasteiger partial charge on any atom is -0.0622 e. The molecule has 0 bridgehead atoms. The summed E-state index contributed by atoms with van der Waals surface area (Å²) in [5.41, 5.74) is 1.49. The summed E-state index contributed by atoms with van der Waals surface area (Å²) >= 11 is 0. The highest BCUT2D eigenvalue weighted by Gasteiger charge is 2.14. The Hall–Kier alpha value is -0.780. The molecule has 0 heterocycles. The SMILES string of the molecule is c1ccc(CCCC[C]2CCCC2)cc1. The summed E-state index contributed by atoms with van der Waals surface area (Å²) in [5.74, 6) is 1.84. The molecule has 0 unspecified atom stereocenters. The maximum absolute atomic E-state index is 2.24. The van der Waals surface area contributed by atoms with Crippen molar-refractivity contribution in [2.75, 3.05) is 0 Å². The molecular weight excluding hydrogens is 180 g/mol. The number of benzene rings is 1. The Morgan fingerprint density at radius 3 is 2.20 bits per heavy atom. The van der Waals surface area contributed by atoms with E-state index in [4.69, 9.17) is 0 Å². The van der Waals surface area contributed by atoms with Crippen LogP contribution >= 0.6 is 0 Å². The van der Waals surface area contributed by atoms with Crippen LogP contribution < -0.4 is 0 Å². The van der Waals surface area contributed by atoms with Crippen molar-refractivity contribution in [1.29, 1.82) is 0 Å². The molecule has 81 valence electrons. The standard InChI is InChI=1S/C15H21/c1-2-8-14(9-3-1)10-4-5-11-15-12-6-7-13-15/h1-3,8-9H,4-7,10-13H2. The Balaban J connectivity index is 1.59. The van der Waals surface area contributed by atoms with Gasteiger partial charge in [0.2, 0.25) is 0 Å². The molecule has 0 nitrogen and oxygen atoms in total. The third kappa shape index (κ3) is 3.70. The third-order valence-corrected chi connectivity index (χ3v) is 3.40. The fourth-order valence-electron chi connectivity index (χ4n) is 2.47.